The maximum Gasteiger partial charge on any atom is 0.169 e. The molecule has 0 saturated carbocycles. The molecule has 1 aromatic heterocycles. The number of benzene rings is 7. The highest BCUT2D eigenvalue weighted by Gasteiger charge is 2.37. The van der Waals surface area contributed by atoms with Crippen molar-refractivity contribution in [1.82, 2.24) is 9.88 Å². The Hall–Kier alpha value is -6.52. The Morgan fingerprint density at radius 2 is 1.11 bits per heavy atom. The van der Waals surface area contributed by atoms with E-state index in [1.54, 1.807) is 0 Å². The van der Waals surface area contributed by atoms with Crippen molar-refractivity contribution in [2.75, 3.05) is 0 Å². The lowest BCUT2D eigenvalue weighted by Gasteiger charge is -2.22. The summed E-state index contributed by atoms with van der Waals surface area (Å²) < 4.78 is 2.43. The molecule has 254 valence electrons. The number of aryl methyl sites for hydroxylation is 1. The van der Waals surface area contributed by atoms with Crippen LogP contribution in [0.15, 0.2) is 174 Å². The summed E-state index contributed by atoms with van der Waals surface area (Å²) in [4.78, 5) is 10.3. The summed E-state index contributed by atoms with van der Waals surface area (Å²) in [5.74, 6) is 1.63. The number of nitrogens with zero attached hydrogens (tertiary/aromatic N) is 3. The van der Waals surface area contributed by atoms with Crippen molar-refractivity contribution in [1.29, 1.82) is 0 Å². The van der Waals surface area contributed by atoms with Gasteiger partial charge in [0, 0.05) is 33.0 Å². The average Bonchev–Trinajstić information content (AvgIpc) is 3.65. The van der Waals surface area contributed by atoms with Gasteiger partial charge in [-0.05, 0) is 94.4 Å². The van der Waals surface area contributed by atoms with Crippen LogP contribution in [0.4, 0.5) is 0 Å². The molecular formula is C49H38N4. The molecule has 1 aliphatic carbocycles. The third kappa shape index (κ3) is 5.13. The van der Waals surface area contributed by atoms with Crippen molar-refractivity contribution in [3.8, 4) is 27.9 Å². The zero-order valence-electron chi connectivity index (χ0n) is 30.0. The molecule has 10 rings (SSSR count). The molecule has 4 nitrogen and oxygen atoms in total. The first kappa shape index (κ1) is 31.2. The quantitative estimate of drug-likeness (QED) is 0.193. The van der Waals surface area contributed by atoms with Crippen LogP contribution >= 0.6 is 0 Å². The zero-order chi connectivity index (χ0) is 35.7. The molecule has 0 spiro atoms. The van der Waals surface area contributed by atoms with Crippen LogP contribution in [0.2, 0.25) is 0 Å². The van der Waals surface area contributed by atoms with Crippen LogP contribution in [0.1, 0.15) is 53.4 Å². The fourth-order valence-electron chi connectivity index (χ4n) is 8.29. The van der Waals surface area contributed by atoms with Crippen molar-refractivity contribution in [2.45, 2.75) is 32.4 Å². The van der Waals surface area contributed by atoms with Gasteiger partial charge in [0.15, 0.2) is 6.17 Å². The van der Waals surface area contributed by atoms with E-state index in [0.29, 0.717) is 0 Å². The molecule has 0 fully saturated rings. The highest BCUT2D eigenvalue weighted by Crippen LogP contribution is 2.52. The maximum atomic E-state index is 5.21. The number of fused-ring (bicyclic) bond motifs is 6. The third-order valence-corrected chi connectivity index (χ3v) is 11.1. The van der Waals surface area contributed by atoms with E-state index in [-0.39, 0.29) is 11.6 Å². The monoisotopic (exact) mass is 682 g/mol. The minimum Gasteiger partial charge on any atom is -0.324 e. The molecule has 1 atom stereocenters. The van der Waals surface area contributed by atoms with E-state index in [9.17, 15) is 0 Å². The Morgan fingerprint density at radius 1 is 0.509 bits per heavy atom. The first-order chi connectivity index (χ1) is 25.9. The van der Waals surface area contributed by atoms with Crippen molar-refractivity contribution < 1.29 is 0 Å². The average molecular weight is 683 g/mol. The summed E-state index contributed by atoms with van der Waals surface area (Å²) in [5, 5.41) is 6.05. The van der Waals surface area contributed by atoms with Gasteiger partial charge in [-0.15, -0.1) is 0 Å². The van der Waals surface area contributed by atoms with Gasteiger partial charge >= 0.3 is 0 Å². The molecule has 1 N–H and O–H groups in total. The van der Waals surface area contributed by atoms with Gasteiger partial charge < -0.3 is 9.88 Å². The molecule has 4 heteroatoms. The summed E-state index contributed by atoms with van der Waals surface area (Å²) in [6, 6.07) is 58.9. The molecule has 2 heterocycles. The van der Waals surface area contributed by atoms with Crippen LogP contribution in [0.3, 0.4) is 0 Å². The lowest BCUT2D eigenvalue weighted by molar-refractivity contribution is 0.661. The number of rotatable bonds is 5. The second-order valence-electron chi connectivity index (χ2n) is 14.8. The summed E-state index contributed by atoms with van der Waals surface area (Å²) in [5.41, 5.74) is 15.5. The minimum absolute atomic E-state index is 0.168. The molecule has 0 amide bonds. The van der Waals surface area contributed by atoms with Crippen molar-refractivity contribution in [3.05, 3.63) is 197 Å². The van der Waals surface area contributed by atoms with E-state index in [1.807, 2.05) is 12.1 Å². The highest BCUT2D eigenvalue weighted by atomic mass is 15.2. The van der Waals surface area contributed by atoms with E-state index in [2.05, 4.69) is 182 Å². The van der Waals surface area contributed by atoms with Crippen LogP contribution in [-0.4, -0.2) is 16.2 Å². The Morgan fingerprint density at radius 3 is 1.83 bits per heavy atom. The highest BCUT2D eigenvalue weighted by molar-refractivity contribution is 6.19. The SMILES string of the molecule is Cc1ccc(-n2c3ccc(C4=NC(c5ccccc5)N=C(c5ccccc5)N4)cc3c3cc4c(cc32)-c2ccc(-c3ccccc3)cc2C4(C)C)cc1. The number of amidine groups is 2. The van der Waals surface area contributed by atoms with Gasteiger partial charge in [0.25, 0.3) is 0 Å². The van der Waals surface area contributed by atoms with Gasteiger partial charge in [0.2, 0.25) is 0 Å². The minimum atomic E-state index is -0.351. The Balaban J connectivity index is 1.17. The van der Waals surface area contributed by atoms with Crippen molar-refractivity contribution >= 4 is 33.5 Å². The summed E-state index contributed by atoms with van der Waals surface area (Å²) in [6.07, 6.45) is -0.351. The van der Waals surface area contributed by atoms with Crippen LogP contribution in [0, 0.1) is 6.92 Å². The zero-order valence-corrected chi connectivity index (χ0v) is 30.0. The van der Waals surface area contributed by atoms with Crippen LogP contribution in [0.25, 0.3) is 49.7 Å². The van der Waals surface area contributed by atoms with Gasteiger partial charge in [0.05, 0.1) is 11.0 Å². The Labute approximate surface area is 309 Å². The molecule has 0 radical (unpaired) electrons. The van der Waals surface area contributed by atoms with Crippen LogP contribution < -0.4 is 5.32 Å². The largest absolute Gasteiger partial charge is 0.324 e. The van der Waals surface area contributed by atoms with Gasteiger partial charge in [-0.2, -0.15) is 0 Å². The summed E-state index contributed by atoms with van der Waals surface area (Å²) in [6.45, 7) is 6.89. The third-order valence-electron chi connectivity index (χ3n) is 11.1. The fourth-order valence-corrected chi connectivity index (χ4v) is 8.29. The van der Waals surface area contributed by atoms with E-state index >= 15 is 0 Å². The smallest absolute Gasteiger partial charge is 0.169 e. The summed E-state index contributed by atoms with van der Waals surface area (Å²) in [7, 11) is 0. The molecule has 53 heavy (non-hydrogen) atoms. The summed E-state index contributed by atoms with van der Waals surface area (Å²) >= 11 is 0. The lowest BCUT2D eigenvalue weighted by Crippen LogP contribution is -2.36. The van der Waals surface area contributed by atoms with E-state index < -0.39 is 0 Å². The molecule has 2 aliphatic rings. The number of nitrogens with one attached hydrogen (secondary N) is 1. The van der Waals surface area contributed by atoms with E-state index in [1.165, 1.54) is 60.8 Å². The van der Waals surface area contributed by atoms with Gasteiger partial charge in [0.1, 0.15) is 11.7 Å². The first-order valence-electron chi connectivity index (χ1n) is 18.4. The van der Waals surface area contributed by atoms with Gasteiger partial charge in [-0.25, -0.2) is 9.98 Å². The first-order valence-corrected chi connectivity index (χ1v) is 18.4. The standard InChI is InChI=1S/C49H38N4/c1-31-19-23-37(24-20-31)53-44-26-22-36(48-51-46(33-15-9-5-10-16-33)50-47(52-48)34-17-11-6-12-18-34)27-40(44)41-29-43-39(30-45(41)53)38-25-21-35(28-42(38)49(43,2)3)32-13-7-4-8-14-32/h4-30,46H,1-3H3,(H,50,51,52). The van der Waals surface area contributed by atoms with Gasteiger partial charge in [-0.1, -0.05) is 135 Å². The van der Waals surface area contributed by atoms with E-state index in [0.717, 1.165) is 34.0 Å². The number of aliphatic imine (C=N–C) groups is 2. The Bertz CT molecular complexity index is 2760. The predicted molar refractivity (Wildman–Crippen MR) is 220 cm³/mol. The normalized spacial score (nSPS) is 15.8. The Kier molecular flexibility index (Phi) is 7.09. The molecule has 0 bridgehead atoms. The van der Waals surface area contributed by atoms with Crippen LogP contribution in [0.5, 0.6) is 0 Å². The molecule has 1 aliphatic heterocycles. The maximum absolute atomic E-state index is 5.21. The van der Waals surface area contributed by atoms with Crippen molar-refractivity contribution in [2.24, 2.45) is 9.98 Å². The second kappa shape index (κ2) is 12.0. The predicted octanol–water partition coefficient (Wildman–Crippen LogP) is 11.6. The molecule has 7 aromatic carbocycles. The van der Waals surface area contributed by atoms with Gasteiger partial charge in [-0.3, -0.25) is 0 Å². The molecular weight excluding hydrogens is 645 g/mol. The topological polar surface area (TPSA) is 41.7 Å². The second-order valence-corrected chi connectivity index (χ2v) is 14.8. The van der Waals surface area contributed by atoms with E-state index in [4.69, 9.17) is 9.98 Å². The molecule has 8 aromatic rings. The lowest BCUT2D eigenvalue weighted by atomic mass is 9.81. The molecule has 1 unspecified atom stereocenters. The van der Waals surface area contributed by atoms with Crippen LogP contribution in [-0.2, 0) is 5.41 Å². The number of hydrogen-bond acceptors (Lipinski definition) is 3. The molecule has 0 saturated heterocycles. The number of aromatic nitrogens is 1. The van der Waals surface area contributed by atoms with Crippen molar-refractivity contribution in [3.63, 3.8) is 0 Å². The fraction of sp³-hybridized carbons (Fsp3) is 0.102. The number of hydrogen-bond donors (Lipinski definition) is 1.